The van der Waals surface area contributed by atoms with Crippen LogP contribution in [0.3, 0.4) is 0 Å². The van der Waals surface area contributed by atoms with Gasteiger partial charge in [-0.1, -0.05) is 19.9 Å². The van der Waals surface area contributed by atoms with E-state index in [1.165, 1.54) is 11.1 Å². The fraction of sp³-hybridized carbons (Fsp3) is 0.364. The van der Waals surface area contributed by atoms with Crippen LogP contribution in [-0.2, 0) is 17.6 Å². The number of hydrogen-bond acceptors (Lipinski definition) is 1. The van der Waals surface area contributed by atoms with Crippen LogP contribution >= 0.6 is 0 Å². The molecule has 0 aliphatic rings. The van der Waals surface area contributed by atoms with Gasteiger partial charge in [-0.25, -0.2) is 0 Å². The quantitative estimate of drug-likeness (QED) is 0.701. The molecule has 0 bridgehead atoms. The van der Waals surface area contributed by atoms with Crippen LogP contribution < -0.4 is 5.32 Å². The van der Waals surface area contributed by atoms with Gasteiger partial charge in [0.25, 0.3) is 0 Å². The molecule has 0 heterocycles. The first kappa shape index (κ1) is 9.78. The van der Waals surface area contributed by atoms with Crippen molar-refractivity contribution >= 4 is 12.1 Å². The fourth-order valence-corrected chi connectivity index (χ4v) is 1.44. The van der Waals surface area contributed by atoms with Crippen LogP contribution in [0.4, 0.5) is 5.69 Å². The second-order valence-electron chi connectivity index (χ2n) is 2.92. The lowest BCUT2D eigenvalue weighted by Gasteiger charge is -2.07. The molecule has 0 saturated carbocycles. The zero-order valence-electron chi connectivity index (χ0n) is 8.05. The Morgan fingerprint density at radius 3 is 2.46 bits per heavy atom. The van der Waals surface area contributed by atoms with Gasteiger partial charge in [-0.2, -0.15) is 0 Å². The third-order valence-corrected chi connectivity index (χ3v) is 2.16. The summed E-state index contributed by atoms with van der Waals surface area (Å²) in [5, 5.41) is 2.53. The van der Waals surface area contributed by atoms with Crippen molar-refractivity contribution in [3.8, 4) is 0 Å². The van der Waals surface area contributed by atoms with Gasteiger partial charge in [0, 0.05) is 5.69 Å². The molecule has 2 nitrogen and oxygen atoms in total. The Kier molecular flexibility index (Phi) is 3.50. The number of carbonyl (C=O) groups excluding carboxylic acids is 1. The summed E-state index contributed by atoms with van der Waals surface area (Å²) in [6, 6.07) is 5.96. The van der Waals surface area contributed by atoms with Crippen LogP contribution in [0.1, 0.15) is 25.0 Å². The van der Waals surface area contributed by atoms with E-state index in [4.69, 9.17) is 0 Å². The Morgan fingerprint density at radius 2 is 1.92 bits per heavy atom. The van der Waals surface area contributed by atoms with Crippen molar-refractivity contribution in [3.05, 3.63) is 29.3 Å². The van der Waals surface area contributed by atoms with Crippen LogP contribution in [0.5, 0.6) is 0 Å². The monoisotopic (exact) mass is 176 g/mol. The maximum atomic E-state index is 10.1. The van der Waals surface area contributed by atoms with E-state index in [1.54, 1.807) is 6.41 Å². The van der Waals surface area contributed by atoms with Gasteiger partial charge in [0.05, 0.1) is 0 Å². The number of benzene rings is 1. The normalized spacial score (nSPS) is 9.69. The Morgan fingerprint density at radius 1 is 1.23 bits per heavy atom. The molecule has 1 aromatic rings. The number of amides is 1. The van der Waals surface area contributed by atoms with Crippen LogP contribution in [-0.4, -0.2) is 6.41 Å². The van der Waals surface area contributed by atoms with Crippen LogP contribution in [0.15, 0.2) is 18.2 Å². The molecule has 13 heavy (non-hydrogen) atoms. The van der Waals surface area contributed by atoms with Gasteiger partial charge in [0.15, 0.2) is 0 Å². The molecule has 0 saturated heterocycles. The van der Waals surface area contributed by atoms with E-state index in [9.17, 15) is 4.79 Å². The minimum Gasteiger partial charge on any atom is -0.318 e. The summed E-state index contributed by atoms with van der Waals surface area (Å²) in [4.78, 5) is 10.1. The fourth-order valence-electron chi connectivity index (χ4n) is 1.44. The first-order valence-corrected chi connectivity index (χ1v) is 4.56. The zero-order chi connectivity index (χ0) is 9.68. The van der Waals surface area contributed by atoms with E-state index >= 15 is 0 Å². The van der Waals surface area contributed by atoms with Gasteiger partial charge in [-0.15, -0.1) is 0 Å². The second-order valence-corrected chi connectivity index (χ2v) is 2.92. The third-order valence-electron chi connectivity index (χ3n) is 2.16. The molecule has 0 unspecified atom stereocenters. The van der Waals surface area contributed by atoms with E-state index in [-0.39, 0.29) is 0 Å². The molecule has 0 aliphatic carbocycles. The van der Waals surface area contributed by atoms with Crippen molar-refractivity contribution in [1.29, 1.82) is 0 Å². The maximum absolute atomic E-state index is 10.1. The number of anilines is 1. The van der Waals surface area contributed by atoms with Crippen LogP contribution in [0.2, 0.25) is 0 Å². The van der Waals surface area contributed by atoms with Crippen molar-refractivity contribution in [2.45, 2.75) is 26.7 Å². The van der Waals surface area contributed by atoms with E-state index < -0.39 is 0 Å². The average Bonchev–Trinajstić information content (AvgIpc) is 2.18. The molecule has 1 aromatic carbocycles. The summed E-state index contributed by atoms with van der Waals surface area (Å²) in [6.45, 7) is 4.25. The highest BCUT2D eigenvalue weighted by atomic mass is 16.1. The SMILES string of the molecule is CCc1ccc(N[C]=O)cc1CC. The topological polar surface area (TPSA) is 29.1 Å². The Labute approximate surface area is 79.0 Å². The average molecular weight is 176 g/mol. The molecule has 2 heteroatoms. The molecule has 1 rings (SSSR count). The summed E-state index contributed by atoms with van der Waals surface area (Å²) in [5.41, 5.74) is 3.46. The molecule has 0 atom stereocenters. The zero-order valence-corrected chi connectivity index (χ0v) is 8.05. The lowest BCUT2D eigenvalue weighted by molar-refractivity contribution is 0.561. The van der Waals surface area contributed by atoms with Crippen molar-refractivity contribution in [2.75, 3.05) is 5.32 Å². The number of nitrogens with one attached hydrogen (secondary N) is 1. The lowest BCUT2D eigenvalue weighted by atomic mass is 10.0. The summed E-state index contributed by atoms with van der Waals surface area (Å²) < 4.78 is 0. The maximum Gasteiger partial charge on any atom is 0.314 e. The van der Waals surface area contributed by atoms with Gasteiger partial charge >= 0.3 is 6.41 Å². The Balaban J connectivity index is 2.98. The molecular weight excluding hydrogens is 162 g/mol. The molecule has 0 aromatic heterocycles. The molecule has 0 spiro atoms. The standard InChI is InChI=1S/C11H14NO/c1-3-9-5-6-11(12-8-13)7-10(9)4-2/h5-7H,3-4H2,1-2H3,(H,12,13). The lowest BCUT2D eigenvalue weighted by Crippen LogP contribution is -1.97. The number of hydrogen-bond donors (Lipinski definition) is 1. The van der Waals surface area contributed by atoms with Gasteiger partial charge in [-0.3, -0.25) is 4.79 Å². The van der Waals surface area contributed by atoms with Crippen molar-refractivity contribution < 1.29 is 4.79 Å². The second kappa shape index (κ2) is 4.65. The van der Waals surface area contributed by atoms with Crippen LogP contribution in [0, 0.1) is 0 Å². The van der Waals surface area contributed by atoms with Gasteiger partial charge in [0.1, 0.15) is 0 Å². The number of aryl methyl sites for hydroxylation is 2. The molecule has 0 fully saturated rings. The van der Waals surface area contributed by atoms with Crippen molar-refractivity contribution in [2.24, 2.45) is 0 Å². The van der Waals surface area contributed by atoms with Gasteiger partial charge in [0.2, 0.25) is 0 Å². The minimum atomic E-state index is 0.823. The highest BCUT2D eigenvalue weighted by Crippen LogP contribution is 2.16. The molecule has 69 valence electrons. The Hall–Kier alpha value is -1.31. The van der Waals surface area contributed by atoms with Crippen LogP contribution in [0.25, 0.3) is 0 Å². The molecule has 1 amide bonds. The predicted molar refractivity (Wildman–Crippen MR) is 54.5 cm³/mol. The van der Waals surface area contributed by atoms with Crippen molar-refractivity contribution in [3.63, 3.8) is 0 Å². The molecular formula is C11H14NO. The highest BCUT2D eigenvalue weighted by Gasteiger charge is 1.99. The summed E-state index contributed by atoms with van der Waals surface area (Å²) in [6.07, 6.45) is 3.71. The van der Waals surface area contributed by atoms with E-state index in [1.807, 2.05) is 12.1 Å². The summed E-state index contributed by atoms with van der Waals surface area (Å²) >= 11 is 0. The van der Waals surface area contributed by atoms with Gasteiger partial charge < -0.3 is 5.32 Å². The number of rotatable bonds is 4. The molecule has 0 aliphatic heterocycles. The summed E-state index contributed by atoms with van der Waals surface area (Å²) in [5.74, 6) is 0. The van der Waals surface area contributed by atoms with Crippen molar-refractivity contribution in [1.82, 2.24) is 0 Å². The minimum absolute atomic E-state index is 0.823. The highest BCUT2D eigenvalue weighted by molar-refractivity contribution is 5.72. The largest absolute Gasteiger partial charge is 0.318 e. The smallest absolute Gasteiger partial charge is 0.314 e. The summed E-state index contributed by atoms with van der Waals surface area (Å²) in [7, 11) is 0. The van der Waals surface area contributed by atoms with Gasteiger partial charge in [-0.05, 0) is 36.1 Å². The molecule has 1 radical (unpaired) electrons. The van der Waals surface area contributed by atoms with E-state index in [2.05, 4.69) is 25.2 Å². The first-order valence-electron chi connectivity index (χ1n) is 4.56. The third kappa shape index (κ3) is 2.31. The Bertz CT molecular complexity index is 294. The van der Waals surface area contributed by atoms with E-state index in [0.717, 1.165) is 18.5 Å². The predicted octanol–water partition coefficient (Wildman–Crippen LogP) is 2.29. The first-order chi connectivity index (χ1) is 6.31. The molecule has 1 N–H and O–H groups in total. The van der Waals surface area contributed by atoms with E-state index in [0.29, 0.717) is 0 Å².